The zero-order valence-corrected chi connectivity index (χ0v) is 13.0. The molecule has 0 aliphatic carbocycles. The topological polar surface area (TPSA) is 68.5 Å². The maximum Gasteiger partial charge on any atom is 0.338 e. The zero-order chi connectivity index (χ0) is 16.7. The van der Waals surface area contributed by atoms with Gasteiger partial charge in [-0.1, -0.05) is 12.1 Å². The molecule has 118 valence electrons. The van der Waals surface area contributed by atoms with E-state index in [0.29, 0.717) is 29.2 Å². The largest absolute Gasteiger partial charge is 0.493 e. The van der Waals surface area contributed by atoms with Crippen molar-refractivity contribution in [3.05, 3.63) is 59.2 Å². The van der Waals surface area contributed by atoms with Gasteiger partial charge in [-0.25, -0.2) is 4.79 Å². The lowest BCUT2D eigenvalue weighted by atomic mass is 10.1. The maximum absolute atomic E-state index is 12.1. The molecule has 5 heteroatoms. The van der Waals surface area contributed by atoms with Crippen LogP contribution in [0.4, 0.5) is 0 Å². The van der Waals surface area contributed by atoms with Crippen molar-refractivity contribution in [1.29, 1.82) is 5.26 Å². The molecule has 0 fully saturated rings. The smallest absolute Gasteiger partial charge is 0.338 e. The van der Waals surface area contributed by atoms with E-state index in [-0.39, 0.29) is 6.61 Å². The molecular formula is C18H17NO4. The lowest BCUT2D eigenvalue weighted by Gasteiger charge is -2.11. The Morgan fingerprint density at radius 1 is 1.13 bits per heavy atom. The maximum atomic E-state index is 12.1. The van der Waals surface area contributed by atoms with E-state index in [1.807, 2.05) is 13.0 Å². The van der Waals surface area contributed by atoms with Crippen molar-refractivity contribution < 1.29 is 19.0 Å². The first-order valence-corrected chi connectivity index (χ1v) is 7.15. The number of nitriles is 1. The minimum absolute atomic E-state index is 0.139. The third-order valence-corrected chi connectivity index (χ3v) is 3.15. The summed E-state index contributed by atoms with van der Waals surface area (Å²) in [4.78, 5) is 12.1. The van der Waals surface area contributed by atoms with Crippen LogP contribution in [-0.2, 0) is 11.3 Å². The van der Waals surface area contributed by atoms with Crippen molar-refractivity contribution >= 4 is 5.97 Å². The predicted molar refractivity (Wildman–Crippen MR) is 84.4 cm³/mol. The van der Waals surface area contributed by atoms with Crippen LogP contribution in [0, 0.1) is 11.3 Å². The minimum atomic E-state index is -0.446. The number of esters is 1. The van der Waals surface area contributed by atoms with Gasteiger partial charge in [0.05, 0.1) is 30.9 Å². The van der Waals surface area contributed by atoms with Crippen molar-refractivity contribution in [2.45, 2.75) is 13.5 Å². The Morgan fingerprint density at radius 3 is 2.48 bits per heavy atom. The molecule has 0 aliphatic rings. The van der Waals surface area contributed by atoms with Crippen LogP contribution in [0.25, 0.3) is 0 Å². The Kier molecular flexibility index (Phi) is 5.59. The van der Waals surface area contributed by atoms with Gasteiger partial charge in [-0.3, -0.25) is 0 Å². The average molecular weight is 311 g/mol. The lowest BCUT2D eigenvalue weighted by molar-refractivity contribution is 0.0472. The molecule has 0 aliphatic heterocycles. The van der Waals surface area contributed by atoms with Gasteiger partial charge in [0.2, 0.25) is 0 Å². The summed E-state index contributed by atoms with van der Waals surface area (Å²) in [5.74, 6) is 0.622. The molecule has 0 spiro atoms. The second-order valence-electron chi connectivity index (χ2n) is 4.68. The highest BCUT2D eigenvalue weighted by molar-refractivity contribution is 5.90. The van der Waals surface area contributed by atoms with Gasteiger partial charge in [0, 0.05) is 0 Å². The molecule has 0 bridgehead atoms. The molecule has 2 aromatic rings. The summed E-state index contributed by atoms with van der Waals surface area (Å²) < 4.78 is 15.9. The molecule has 2 aromatic carbocycles. The number of ether oxygens (including phenoxy) is 3. The molecule has 0 atom stereocenters. The number of carbonyl (C=O) groups excluding carboxylic acids is 1. The van der Waals surface area contributed by atoms with Crippen LogP contribution in [0.1, 0.15) is 28.4 Å². The summed E-state index contributed by atoms with van der Waals surface area (Å²) >= 11 is 0. The summed E-state index contributed by atoms with van der Waals surface area (Å²) in [5.41, 5.74) is 1.77. The quantitative estimate of drug-likeness (QED) is 0.765. The van der Waals surface area contributed by atoms with Crippen LogP contribution in [0.2, 0.25) is 0 Å². The van der Waals surface area contributed by atoms with E-state index in [9.17, 15) is 4.79 Å². The summed E-state index contributed by atoms with van der Waals surface area (Å²) in [6.45, 7) is 2.47. The second kappa shape index (κ2) is 7.85. The van der Waals surface area contributed by atoms with Gasteiger partial charge in [0.15, 0.2) is 11.5 Å². The number of methoxy groups -OCH3 is 1. The number of hydrogen-bond donors (Lipinski definition) is 0. The van der Waals surface area contributed by atoms with E-state index < -0.39 is 5.97 Å². The monoisotopic (exact) mass is 311 g/mol. The Balaban J connectivity index is 2.05. The van der Waals surface area contributed by atoms with Gasteiger partial charge in [0.25, 0.3) is 0 Å². The van der Waals surface area contributed by atoms with E-state index in [0.717, 1.165) is 5.56 Å². The molecular weight excluding hydrogens is 294 g/mol. The molecule has 0 unspecified atom stereocenters. The fraction of sp³-hybridized carbons (Fsp3) is 0.222. The van der Waals surface area contributed by atoms with Crippen molar-refractivity contribution in [3.63, 3.8) is 0 Å². The number of hydrogen-bond acceptors (Lipinski definition) is 5. The Hall–Kier alpha value is -3.00. The molecule has 2 rings (SSSR count). The van der Waals surface area contributed by atoms with Crippen molar-refractivity contribution in [2.24, 2.45) is 0 Å². The first-order valence-electron chi connectivity index (χ1n) is 7.15. The Morgan fingerprint density at radius 2 is 1.87 bits per heavy atom. The molecule has 0 saturated heterocycles. The van der Waals surface area contributed by atoms with E-state index in [2.05, 4.69) is 0 Å². The van der Waals surface area contributed by atoms with Crippen LogP contribution < -0.4 is 9.47 Å². The van der Waals surface area contributed by atoms with Crippen LogP contribution in [0.5, 0.6) is 11.5 Å². The van der Waals surface area contributed by atoms with Gasteiger partial charge in [0.1, 0.15) is 6.61 Å². The third-order valence-electron chi connectivity index (χ3n) is 3.15. The van der Waals surface area contributed by atoms with Crippen molar-refractivity contribution in [3.8, 4) is 17.6 Å². The van der Waals surface area contributed by atoms with Crippen molar-refractivity contribution in [1.82, 2.24) is 0 Å². The molecule has 0 N–H and O–H groups in total. The third kappa shape index (κ3) is 4.24. The Bertz CT molecular complexity index is 717. The normalized spacial score (nSPS) is 9.78. The second-order valence-corrected chi connectivity index (χ2v) is 4.68. The number of nitrogens with zero attached hydrogens (tertiary/aromatic N) is 1. The molecule has 5 nitrogen and oxygen atoms in total. The number of rotatable bonds is 6. The summed E-state index contributed by atoms with van der Waals surface area (Å²) in [5, 5.41) is 8.75. The van der Waals surface area contributed by atoms with Crippen molar-refractivity contribution in [2.75, 3.05) is 13.7 Å². The number of carbonyl (C=O) groups is 1. The highest BCUT2D eigenvalue weighted by Crippen LogP contribution is 2.28. The molecule has 23 heavy (non-hydrogen) atoms. The molecule has 0 radical (unpaired) electrons. The molecule has 0 aromatic heterocycles. The molecule has 0 saturated carbocycles. The first-order chi connectivity index (χ1) is 11.2. The van der Waals surface area contributed by atoms with Crippen LogP contribution >= 0.6 is 0 Å². The highest BCUT2D eigenvalue weighted by Gasteiger charge is 2.12. The predicted octanol–water partition coefficient (Wildman–Crippen LogP) is 3.32. The summed E-state index contributed by atoms with van der Waals surface area (Å²) in [6, 6.07) is 13.8. The standard InChI is InChI=1S/C18H17NO4/c1-3-22-17-10-15(8-9-16(17)21-2)18(20)23-12-14-6-4-13(11-19)5-7-14/h4-10H,3,12H2,1-2H3. The summed E-state index contributed by atoms with van der Waals surface area (Å²) in [6.07, 6.45) is 0. The number of benzene rings is 2. The van der Waals surface area contributed by atoms with E-state index >= 15 is 0 Å². The Labute approximate surface area is 135 Å². The fourth-order valence-electron chi connectivity index (χ4n) is 1.98. The van der Waals surface area contributed by atoms with Gasteiger partial charge >= 0.3 is 5.97 Å². The van der Waals surface area contributed by atoms with E-state index in [1.165, 1.54) is 0 Å². The zero-order valence-electron chi connectivity index (χ0n) is 13.0. The van der Waals surface area contributed by atoms with E-state index in [4.69, 9.17) is 19.5 Å². The van der Waals surface area contributed by atoms with Gasteiger partial charge in [-0.2, -0.15) is 5.26 Å². The molecule has 0 heterocycles. The first kappa shape index (κ1) is 16.4. The van der Waals surface area contributed by atoms with Crippen LogP contribution in [0.3, 0.4) is 0 Å². The van der Waals surface area contributed by atoms with Crippen LogP contribution in [-0.4, -0.2) is 19.7 Å². The summed E-state index contributed by atoms with van der Waals surface area (Å²) in [7, 11) is 1.54. The fourth-order valence-corrected chi connectivity index (χ4v) is 1.98. The van der Waals surface area contributed by atoms with Gasteiger partial charge < -0.3 is 14.2 Å². The van der Waals surface area contributed by atoms with E-state index in [1.54, 1.807) is 49.6 Å². The van der Waals surface area contributed by atoms with Gasteiger partial charge in [-0.15, -0.1) is 0 Å². The molecule has 0 amide bonds. The van der Waals surface area contributed by atoms with Gasteiger partial charge in [-0.05, 0) is 42.8 Å². The minimum Gasteiger partial charge on any atom is -0.493 e. The average Bonchev–Trinajstić information content (AvgIpc) is 2.60. The lowest BCUT2D eigenvalue weighted by Crippen LogP contribution is -2.06. The SMILES string of the molecule is CCOc1cc(C(=O)OCc2ccc(C#N)cc2)ccc1OC. The highest BCUT2D eigenvalue weighted by atomic mass is 16.5. The van der Waals surface area contributed by atoms with Crippen LogP contribution in [0.15, 0.2) is 42.5 Å².